The lowest BCUT2D eigenvalue weighted by atomic mass is 10.1. The molecule has 1 rings (SSSR count). The van der Waals surface area contributed by atoms with Crippen LogP contribution in [0.25, 0.3) is 0 Å². The summed E-state index contributed by atoms with van der Waals surface area (Å²) in [7, 11) is 1.72. The Morgan fingerprint density at radius 1 is 1.41 bits per heavy atom. The van der Waals surface area contributed by atoms with Gasteiger partial charge in [-0.05, 0) is 26.0 Å². The summed E-state index contributed by atoms with van der Waals surface area (Å²) >= 11 is 0. The van der Waals surface area contributed by atoms with Crippen LogP contribution >= 0.6 is 0 Å². The lowest BCUT2D eigenvalue weighted by Gasteiger charge is -2.21. The molecule has 0 aliphatic heterocycles. The first-order valence-corrected chi connectivity index (χ1v) is 5.67. The maximum absolute atomic E-state index is 12.1. The quantitative estimate of drug-likeness (QED) is 0.800. The highest BCUT2D eigenvalue weighted by Gasteiger charge is 2.21. The lowest BCUT2D eigenvalue weighted by Crippen LogP contribution is -2.46. The van der Waals surface area contributed by atoms with E-state index in [2.05, 4.69) is 4.99 Å². The second-order valence-corrected chi connectivity index (χ2v) is 3.83. The van der Waals surface area contributed by atoms with E-state index >= 15 is 0 Å². The van der Waals surface area contributed by atoms with Gasteiger partial charge in [0.15, 0.2) is 0 Å². The minimum absolute atomic E-state index is 0.147. The molecule has 0 aliphatic rings. The number of para-hydroxylation sites is 1. The zero-order valence-corrected chi connectivity index (χ0v) is 10.6. The average Bonchev–Trinajstić information content (AvgIpc) is 2.37. The minimum atomic E-state index is -0.667. The number of hydrogen-bond donors (Lipinski definition) is 1. The van der Waals surface area contributed by atoms with Gasteiger partial charge in [0, 0.05) is 25.0 Å². The van der Waals surface area contributed by atoms with Gasteiger partial charge in [-0.15, -0.1) is 0 Å². The second kappa shape index (κ2) is 6.15. The molecule has 1 unspecified atom stereocenters. The first kappa shape index (κ1) is 13.4. The van der Waals surface area contributed by atoms with Crippen LogP contribution in [0.1, 0.15) is 13.8 Å². The zero-order valence-electron chi connectivity index (χ0n) is 10.6. The molecule has 4 heteroatoms. The van der Waals surface area contributed by atoms with Gasteiger partial charge >= 0.3 is 0 Å². The number of amides is 1. The molecule has 0 saturated carbocycles. The van der Waals surface area contributed by atoms with Gasteiger partial charge in [0.25, 0.3) is 0 Å². The number of carbonyl (C=O) groups is 1. The van der Waals surface area contributed by atoms with E-state index in [1.165, 1.54) is 0 Å². The van der Waals surface area contributed by atoms with Gasteiger partial charge in [-0.25, -0.2) is 0 Å². The number of benzene rings is 1. The van der Waals surface area contributed by atoms with Crippen molar-refractivity contribution in [2.24, 2.45) is 10.7 Å². The summed E-state index contributed by atoms with van der Waals surface area (Å²) in [5.74, 6) is -0.147. The van der Waals surface area contributed by atoms with Crippen molar-refractivity contribution in [2.75, 3.05) is 18.5 Å². The van der Waals surface area contributed by atoms with Crippen LogP contribution in [-0.4, -0.2) is 31.3 Å². The molecule has 92 valence electrons. The normalized spacial score (nSPS) is 13.3. The number of hydrogen-bond acceptors (Lipinski definition) is 3. The van der Waals surface area contributed by atoms with Crippen LogP contribution in [0.3, 0.4) is 0 Å². The van der Waals surface area contributed by atoms with E-state index in [0.29, 0.717) is 12.3 Å². The van der Waals surface area contributed by atoms with Crippen molar-refractivity contribution in [2.45, 2.75) is 19.9 Å². The van der Waals surface area contributed by atoms with Crippen LogP contribution in [0.4, 0.5) is 5.69 Å². The monoisotopic (exact) mass is 233 g/mol. The molecule has 0 bridgehead atoms. The smallest absolute Gasteiger partial charge is 0.249 e. The van der Waals surface area contributed by atoms with E-state index in [4.69, 9.17) is 5.73 Å². The molecule has 0 radical (unpaired) electrons. The van der Waals surface area contributed by atoms with Crippen LogP contribution in [0.5, 0.6) is 0 Å². The van der Waals surface area contributed by atoms with Gasteiger partial charge in [-0.3, -0.25) is 9.79 Å². The Morgan fingerprint density at radius 2 is 2.00 bits per heavy atom. The van der Waals surface area contributed by atoms with E-state index in [0.717, 1.165) is 5.69 Å². The number of anilines is 1. The molecule has 2 N–H and O–H groups in total. The van der Waals surface area contributed by atoms with E-state index in [1.54, 1.807) is 18.9 Å². The first-order chi connectivity index (χ1) is 8.07. The van der Waals surface area contributed by atoms with E-state index < -0.39 is 6.04 Å². The van der Waals surface area contributed by atoms with E-state index in [-0.39, 0.29) is 5.91 Å². The Balaban J connectivity index is 2.80. The number of nitrogens with zero attached hydrogens (tertiary/aromatic N) is 2. The predicted octanol–water partition coefficient (Wildman–Crippen LogP) is 1.46. The van der Waals surface area contributed by atoms with Crippen LogP contribution < -0.4 is 10.6 Å². The standard InChI is InChI=1S/C13H19N3O/c1-4-15-10(2)12(14)13(17)16(3)11-8-6-5-7-9-11/h5-9,12H,4,14H2,1-3H3. The van der Waals surface area contributed by atoms with Crippen molar-refractivity contribution in [3.63, 3.8) is 0 Å². The molecule has 0 saturated heterocycles. The second-order valence-electron chi connectivity index (χ2n) is 3.83. The maximum Gasteiger partial charge on any atom is 0.249 e. The third-order valence-electron chi connectivity index (χ3n) is 2.60. The van der Waals surface area contributed by atoms with Crippen LogP contribution in [0, 0.1) is 0 Å². The molecule has 17 heavy (non-hydrogen) atoms. The van der Waals surface area contributed by atoms with Crippen molar-refractivity contribution in [3.8, 4) is 0 Å². The molecular weight excluding hydrogens is 214 g/mol. The first-order valence-electron chi connectivity index (χ1n) is 5.67. The van der Waals surface area contributed by atoms with E-state index in [1.807, 2.05) is 37.3 Å². The SMILES string of the molecule is CCN=C(C)C(N)C(=O)N(C)c1ccccc1. The van der Waals surface area contributed by atoms with Gasteiger partial charge in [0.2, 0.25) is 5.91 Å². The summed E-state index contributed by atoms with van der Waals surface area (Å²) < 4.78 is 0. The van der Waals surface area contributed by atoms with E-state index in [9.17, 15) is 4.79 Å². The van der Waals surface area contributed by atoms with Crippen molar-refractivity contribution in [1.82, 2.24) is 0 Å². The zero-order chi connectivity index (χ0) is 12.8. The molecule has 0 heterocycles. The third-order valence-corrected chi connectivity index (χ3v) is 2.60. The molecule has 1 atom stereocenters. The van der Waals surface area contributed by atoms with Gasteiger partial charge in [-0.1, -0.05) is 18.2 Å². The van der Waals surface area contributed by atoms with Crippen LogP contribution in [0.2, 0.25) is 0 Å². The summed E-state index contributed by atoms with van der Waals surface area (Å²) in [5.41, 5.74) is 7.36. The van der Waals surface area contributed by atoms with Crippen molar-refractivity contribution in [3.05, 3.63) is 30.3 Å². The molecule has 1 amide bonds. The predicted molar refractivity (Wildman–Crippen MR) is 71.5 cm³/mol. The van der Waals surface area contributed by atoms with Crippen molar-refractivity contribution >= 4 is 17.3 Å². The summed E-state index contributed by atoms with van der Waals surface area (Å²) in [5, 5.41) is 0. The van der Waals surface area contributed by atoms with Crippen LogP contribution in [0.15, 0.2) is 35.3 Å². The maximum atomic E-state index is 12.1. The molecule has 0 aromatic heterocycles. The molecule has 4 nitrogen and oxygen atoms in total. The molecule has 1 aromatic carbocycles. The van der Waals surface area contributed by atoms with Gasteiger partial charge in [-0.2, -0.15) is 0 Å². The van der Waals surface area contributed by atoms with Gasteiger partial charge in [0.1, 0.15) is 6.04 Å². The fraction of sp³-hybridized carbons (Fsp3) is 0.385. The van der Waals surface area contributed by atoms with Crippen molar-refractivity contribution < 1.29 is 4.79 Å². The summed E-state index contributed by atoms with van der Waals surface area (Å²) in [6, 6.07) is 8.76. The molecule has 1 aromatic rings. The Kier molecular flexibility index (Phi) is 4.84. The lowest BCUT2D eigenvalue weighted by molar-refractivity contribution is -0.118. The highest BCUT2D eigenvalue weighted by molar-refractivity contribution is 6.12. The fourth-order valence-corrected chi connectivity index (χ4v) is 1.51. The third kappa shape index (κ3) is 3.39. The highest BCUT2D eigenvalue weighted by Crippen LogP contribution is 2.12. The van der Waals surface area contributed by atoms with Gasteiger partial charge in [0.05, 0.1) is 0 Å². The average molecular weight is 233 g/mol. The molecular formula is C13H19N3O. The number of rotatable bonds is 4. The number of nitrogens with two attached hydrogens (primary N) is 1. The summed E-state index contributed by atoms with van der Waals surface area (Å²) in [6.45, 7) is 4.34. The Morgan fingerprint density at radius 3 is 2.53 bits per heavy atom. The molecule has 0 spiro atoms. The Bertz CT molecular complexity index is 400. The largest absolute Gasteiger partial charge is 0.315 e. The highest BCUT2D eigenvalue weighted by atomic mass is 16.2. The fourth-order valence-electron chi connectivity index (χ4n) is 1.51. The van der Waals surface area contributed by atoms with Crippen molar-refractivity contribution in [1.29, 1.82) is 0 Å². The number of likely N-dealkylation sites (N-methyl/N-ethyl adjacent to an activating group) is 1. The summed E-state index contributed by atoms with van der Waals surface area (Å²) in [4.78, 5) is 17.8. The minimum Gasteiger partial charge on any atom is -0.315 e. The van der Waals surface area contributed by atoms with Crippen LogP contribution in [-0.2, 0) is 4.79 Å². The van der Waals surface area contributed by atoms with Gasteiger partial charge < -0.3 is 10.6 Å². The number of aliphatic imine (C=N–C) groups is 1. The summed E-state index contributed by atoms with van der Waals surface area (Å²) in [6.07, 6.45) is 0. The Hall–Kier alpha value is -1.68. The Labute approximate surface area is 102 Å². The molecule has 0 fully saturated rings. The topological polar surface area (TPSA) is 58.7 Å². The number of carbonyl (C=O) groups excluding carboxylic acids is 1. The molecule has 0 aliphatic carbocycles.